The van der Waals surface area contributed by atoms with Gasteiger partial charge in [0.2, 0.25) is 11.8 Å². The smallest absolute Gasteiger partial charge is 0.228 e. The monoisotopic (exact) mass is 305 g/mol. The third-order valence-electron chi connectivity index (χ3n) is 4.79. The quantitative estimate of drug-likeness (QED) is 0.902. The average Bonchev–Trinajstić information content (AvgIpc) is 3.17. The molecule has 120 valence electrons. The van der Waals surface area contributed by atoms with Crippen molar-refractivity contribution in [3.8, 4) is 5.88 Å². The molecular formula is C16H23N3O3. The van der Waals surface area contributed by atoms with E-state index in [2.05, 4.69) is 4.90 Å². The second kappa shape index (κ2) is 6.01. The number of hydrogen-bond donors (Lipinski definition) is 1. The molecule has 3 heterocycles. The Kier molecular flexibility index (Phi) is 3.88. The summed E-state index contributed by atoms with van der Waals surface area (Å²) in [6.07, 6.45) is 5.88. The molecule has 0 bridgehead atoms. The van der Waals surface area contributed by atoms with Gasteiger partial charge < -0.3 is 19.5 Å². The molecule has 6 heteroatoms. The Hall–Kier alpha value is -1.40. The minimum absolute atomic E-state index is 0.311. The van der Waals surface area contributed by atoms with Gasteiger partial charge in [-0.15, -0.1) is 0 Å². The zero-order valence-corrected chi connectivity index (χ0v) is 12.8. The number of fused-ring (bicyclic) bond motifs is 1. The van der Waals surface area contributed by atoms with E-state index in [9.17, 15) is 5.11 Å². The van der Waals surface area contributed by atoms with Crippen LogP contribution in [-0.4, -0.2) is 53.6 Å². The SMILES string of the molecule is O[C@H]1COC[C@@H]1Oc1nc(N2CCCCC2)nc2c1CCC2. The van der Waals surface area contributed by atoms with Gasteiger partial charge in [-0.1, -0.05) is 0 Å². The molecule has 2 atom stereocenters. The Bertz CT molecular complexity index is 546. The van der Waals surface area contributed by atoms with Gasteiger partial charge in [-0.25, -0.2) is 4.98 Å². The van der Waals surface area contributed by atoms with Gasteiger partial charge >= 0.3 is 0 Å². The molecule has 1 N–H and O–H groups in total. The van der Waals surface area contributed by atoms with Crippen molar-refractivity contribution in [3.05, 3.63) is 11.3 Å². The Morgan fingerprint density at radius 2 is 1.91 bits per heavy atom. The number of ether oxygens (including phenoxy) is 2. The van der Waals surface area contributed by atoms with E-state index >= 15 is 0 Å². The Balaban J connectivity index is 1.62. The van der Waals surface area contributed by atoms with E-state index in [0.29, 0.717) is 19.1 Å². The topological polar surface area (TPSA) is 67.7 Å². The van der Waals surface area contributed by atoms with E-state index in [0.717, 1.165) is 49.6 Å². The molecule has 22 heavy (non-hydrogen) atoms. The number of nitrogens with zero attached hydrogens (tertiary/aromatic N) is 3. The van der Waals surface area contributed by atoms with Gasteiger partial charge in [0.05, 0.1) is 18.9 Å². The highest BCUT2D eigenvalue weighted by Crippen LogP contribution is 2.32. The lowest BCUT2D eigenvalue weighted by molar-refractivity contribution is 0.0697. The highest BCUT2D eigenvalue weighted by atomic mass is 16.6. The largest absolute Gasteiger partial charge is 0.469 e. The van der Waals surface area contributed by atoms with Crippen LogP contribution in [0.25, 0.3) is 0 Å². The van der Waals surface area contributed by atoms with Gasteiger partial charge in [-0.3, -0.25) is 0 Å². The van der Waals surface area contributed by atoms with Crippen LogP contribution >= 0.6 is 0 Å². The minimum atomic E-state index is -0.564. The summed E-state index contributed by atoms with van der Waals surface area (Å²) in [6, 6.07) is 0. The van der Waals surface area contributed by atoms with E-state index in [4.69, 9.17) is 19.4 Å². The molecule has 2 saturated heterocycles. The molecule has 0 aromatic carbocycles. The van der Waals surface area contributed by atoms with Gasteiger partial charge in [-0.2, -0.15) is 4.98 Å². The number of aromatic nitrogens is 2. The number of aliphatic hydroxyl groups is 1. The zero-order chi connectivity index (χ0) is 14.9. The lowest BCUT2D eigenvalue weighted by Crippen LogP contribution is -2.33. The van der Waals surface area contributed by atoms with Crippen LogP contribution in [0.15, 0.2) is 0 Å². The van der Waals surface area contributed by atoms with E-state index in [1.54, 1.807) is 0 Å². The molecule has 6 nitrogen and oxygen atoms in total. The molecule has 4 rings (SSSR count). The van der Waals surface area contributed by atoms with E-state index in [-0.39, 0.29) is 6.10 Å². The molecule has 1 aliphatic carbocycles. The first-order valence-corrected chi connectivity index (χ1v) is 8.38. The predicted molar refractivity (Wildman–Crippen MR) is 81.4 cm³/mol. The number of piperidine rings is 1. The fraction of sp³-hybridized carbons (Fsp3) is 0.750. The maximum atomic E-state index is 9.91. The normalized spacial score (nSPS) is 28.0. The van der Waals surface area contributed by atoms with Crippen molar-refractivity contribution in [2.75, 3.05) is 31.2 Å². The number of rotatable bonds is 3. The van der Waals surface area contributed by atoms with E-state index < -0.39 is 6.10 Å². The average molecular weight is 305 g/mol. The van der Waals surface area contributed by atoms with Gasteiger partial charge in [-0.05, 0) is 38.5 Å². The van der Waals surface area contributed by atoms with Crippen molar-refractivity contribution in [1.29, 1.82) is 0 Å². The number of anilines is 1. The summed E-state index contributed by atoms with van der Waals surface area (Å²) >= 11 is 0. The molecule has 0 spiro atoms. The van der Waals surface area contributed by atoms with Gasteiger partial charge in [0, 0.05) is 18.7 Å². The van der Waals surface area contributed by atoms with Crippen molar-refractivity contribution in [1.82, 2.24) is 9.97 Å². The van der Waals surface area contributed by atoms with Crippen LogP contribution in [0.1, 0.15) is 36.9 Å². The highest BCUT2D eigenvalue weighted by Gasteiger charge is 2.31. The predicted octanol–water partition coefficient (Wildman–Crippen LogP) is 1.09. The summed E-state index contributed by atoms with van der Waals surface area (Å²) in [5.74, 6) is 1.46. The van der Waals surface area contributed by atoms with Crippen LogP contribution in [0.5, 0.6) is 5.88 Å². The maximum Gasteiger partial charge on any atom is 0.228 e. The highest BCUT2D eigenvalue weighted by molar-refractivity contribution is 5.43. The number of hydrogen-bond acceptors (Lipinski definition) is 6. The van der Waals surface area contributed by atoms with Crippen LogP contribution in [0.4, 0.5) is 5.95 Å². The summed E-state index contributed by atoms with van der Waals surface area (Å²) in [5.41, 5.74) is 2.25. The van der Waals surface area contributed by atoms with Crippen molar-refractivity contribution in [3.63, 3.8) is 0 Å². The second-order valence-corrected chi connectivity index (χ2v) is 6.42. The van der Waals surface area contributed by atoms with Gasteiger partial charge in [0.1, 0.15) is 6.10 Å². The van der Waals surface area contributed by atoms with E-state index in [1.165, 1.54) is 19.3 Å². The molecule has 1 aromatic heterocycles. The molecule has 2 fully saturated rings. The van der Waals surface area contributed by atoms with Crippen molar-refractivity contribution < 1.29 is 14.6 Å². The summed E-state index contributed by atoms with van der Waals surface area (Å²) in [4.78, 5) is 11.7. The Morgan fingerprint density at radius 1 is 1.05 bits per heavy atom. The summed E-state index contributed by atoms with van der Waals surface area (Å²) < 4.78 is 11.3. The molecular weight excluding hydrogens is 282 g/mol. The third kappa shape index (κ3) is 2.65. The van der Waals surface area contributed by atoms with Crippen molar-refractivity contribution >= 4 is 5.95 Å². The zero-order valence-electron chi connectivity index (χ0n) is 12.8. The van der Waals surface area contributed by atoms with Crippen molar-refractivity contribution in [2.24, 2.45) is 0 Å². The van der Waals surface area contributed by atoms with Gasteiger partial charge in [0.15, 0.2) is 6.10 Å². The van der Waals surface area contributed by atoms with Crippen LogP contribution < -0.4 is 9.64 Å². The van der Waals surface area contributed by atoms with Gasteiger partial charge in [0.25, 0.3) is 0 Å². The molecule has 0 amide bonds. The fourth-order valence-corrected chi connectivity index (χ4v) is 3.50. The summed E-state index contributed by atoms with van der Waals surface area (Å²) in [5, 5.41) is 9.91. The molecule has 2 aliphatic heterocycles. The molecule has 3 aliphatic rings. The summed E-state index contributed by atoms with van der Waals surface area (Å²) in [6.45, 7) is 2.82. The first kappa shape index (κ1) is 14.2. The fourth-order valence-electron chi connectivity index (χ4n) is 3.50. The molecule has 1 aromatic rings. The van der Waals surface area contributed by atoms with Crippen LogP contribution in [0.3, 0.4) is 0 Å². The Morgan fingerprint density at radius 3 is 2.68 bits per heavy atom. The van der Waals surface area contributed by atoms with Crippen LogP contribution in [0.2, 0.25) is 0 Å². The molecule has 0 saturated carbocycles. The number of aliphatic hydroxyl groups excluding tert-OH is 1. The first-order valence-electron chi connectivity index (χ1n) is 8.38. The lowest BCUT2D eigenvalue weighted by atomic mass is 10.1. The first-order chi connectivity index (χ1) is 10.8. The van der Waals surface area contributed by atoms with Crippen LogP contribution in [-0.2, 0) is 17.6 Å². The molecule has 0 radical (unpaired) electrons. The minimum Gasteiger partial charge on any atom is -0.469 e. The Labute approximate surface area is 130 Å². The standard InChI is InChI=1S/C16H23N3O3/c20-13-9-21-10-14(13)22-15-11-5-4-6-12(11)17-16(18-15)19-7-2-1-3-8-19/h13-14,20H,1-10H2/t13-,14-/m0/s1. The number of aryl methyl sites for hydroxylation is 1. The summed E-state index contributed by atoms with van der Waals surface area (Å²) in [7, 11) is 0. The third-order valence-corrected chi connectivity index (χ3v) is 4.79. The van der Waals surface area contributed by atoms with Crippen LogP contribution in [0, 0.1) is 0 Å². The maximum absolute atomic E-state index is 9.91. The van der Waals surface area contributed by atoms with Crippen molar-refractivity contribution in [2.45, 2.75) is 50.7 Å². The lowest BCUT2D eigenvalue weighted by Gasteiger charge is -2.27. The van der Waals surface area contributed by atoms with E-state index in [1.807, 2.05) is 0 Å². The second-order valence-electron chi connectivity index (χ2n) is 6.42. The molecule has 0 unspecified atom stereocenters.